The molecule has 0 aliphatic heterocycles. The fourth-order valence-corrected chi connectivity index (χ4v) is 2.43. The molecule has 5 nitrogen and oxygen atoms in total. The predicted octanol–water partition coefficient (Wildman–Crippen LogP) is 3.56. The Labute approximate surface area is 138 Å². The standard InChI is InChI=1S/C17H14ClN3O2/c18-16-14(17(19)21-10-20-16)15(22)11-6-8-13(9-7-11)23-12-4-2-1-3-5-12/h2,4-10H,1,3H2,(H2,19,20,21). The molecular formula is C17H14ClN3O2. The molecule has 0 spiro atoms. The third kappa shape index (κ3) is 3.40. The van der Waals surface area contributed by atoms with Crippen LogP contribution >= 0.6 is 11.6 Å². The van der Waals surface area contributed by atoms with E-state index in [1.54, 1.807) is 24.3 Å². The van der Waals surface area contributed by atoms with Gasteiger partial charge in [0.15, 0.2) is 5.78 Å². The summed E-state index contributed by atoms with van der Waals surface area (Å²) in [5, 5.41) is 0.0420. The van der Waals surface area contributed by atoms with Gasteiger partial charge in [-0.1, -0.05) is 17.7 Å². The zero-order chi connectivity index (χ0) is 16.2. The zero-order valence-corrected chi connectivity index (χ0v) is 13.0. The number of allylic oxidation sites excluding steroid dienone is 3. The summed E-state index contributed by atoms with van der Waals surface area (Å²) < 4.78 is 5.73. The minimum Gasteiger partial charge on any atom is -0.458 e. The highest BCUT2D eigenvalue weighted by Gasteiger charge is 2.18. The van der Waals surface area contributed by atoms with Crippen LogP contribution in [0.1, 0.15) is 28.8 Å². The van der Waals surface area contributed by atoms with Gasteiger partial charge in [-0.3, -0.25) is 4.79 Å². The van der Waals surface area contributed by atoms with E-state index in [9.17, 15) is 4.79 Å². The van der Waals surface area contributed by atoms with Gasteiger partial charge in [-0.25, -0.2) is 9.97 Å². The van der Waals surface area contributed by atoms with Crippen LogP contribution in [0, 0.1) is 0 Å². The Morgan fingerprint density at radius 2 is 1.96 bits per heavy atom. The second-order valence-corrected chi connectivity index (χ2v) is 5.32. The molecule has 1 heterocycles. The number of nitrogens with two attached hydrogens (primary N) is 1. The van der Waals surface area contributed by atoms with Crippen molar-refractivity contribution in [2.24, 2.45) is 0 Å². The Morgan fingerprint density at radius 3 is 2.61 bits per heavy atom. The monoisotopic (exact) mass is 327 g/mol. The van der Waals surface area contributed by atoms with Gasteiger partial charge in [0.2, 0.25) is 0 Å². The minimum atomic E-state index is -0.323. The lowest BCUT2D eigenvalue weighted by atomic mass is 10.1. The van der Waals surface area contributed by atoms with E-state index in [0.717, 1.165) is 18.6 Å². The molecule has 0 bridgehead atoms. The third-order valence-corrected chi connectivity index (χ3v) is 3.66. The number of halogens is 1. The predicted molar refractivity (Wildman–Crippen MR) is 88.4 cm³/mol. The number of hydrogen-bond donors (Lipinski definition) is 1. The van der Waals surface area contributed by atoms with Gasteiger partial charge in [-0.05, 0) is 49.3 Å². The third-order valence-electron chi connectivity index (χ3n) is 3.37. The first kappa shape index (κ1) is 15.2. The van der Waals surface area contributed by atoms with Gasteiger partial charge in [-0.15, -0.1) is 0 Å². The lowest BCUT2D eigenvalue weighted by molar-refractivity contribution is 0.103. The first-order valence-corrected chi connectivity index (χ1v) is 7.48. The highest BCUT2D eigenvalue weighted by atomic mass is 35.5. The van der Waals surface area contributed by atoms with Crippen molar-refractivity contribution in [2.45, 2.75) is 12.8 Å². The zero-order valence-electron chi connectivity index (χ0n) is 12.2. The quantitative estimate of drug-likeness (QED) is 0.686. The molecule has 0 atom stereocenters. The largest absolute Gasteiger partial charge is 0.458 e. The molecule has 0 saturated heterocycles. The number of ether oxygens (including phenoxy) is 1. The Kier molecular flexibility index (Phi) is 4.39. The van der Waals surface area contributed by atoms with E-state index < -0.39 is 0 Å². The number of carbonyl (C=O) groups is 1. The molecule has 0 fully saturated rings. The Morgan fingerprint density at radius 1 is 1.17 bits per heavy atom. The number of hydrogen-bond acceptors (Lipinski definition) is 5. The van der Waals surface area contributed by atoms with E-state index in [-0.39, 0.29) is 22.3 Å². The van der Waals surface area contributed by atoms with Crippen molar-refractivity contribution < 1.29 is 9.53 Å². The van der Waals surface area contributed by atoms with E-state index in [1.807, 2.05) is 12.2 Å². The highest BCUT2D eigenvalue weighted by Crippen LogP contribution is 2.23. The van der Waals surface area contributed by atoms with Gasteiger partial charge in [0.25, 0.3) is 0 Å². The molecule has 0 saturated carbocycles. The number of anilines is 1. The van der Waals surface area contributed by atoms with Crippen molar-refractivity contribution in [3.8, 4) is 5.75 Å². The first-order chi connectivity index (χ1) is 11.1. The molecular weight excluding hydrogens is 314 g/mol. The van der Waals surface area contributed by atoms with Crippen LogP contribution in [0.15, 0.2) is 54.6 Å². The SMILES string of the molecule is Nc1ncnc(Cl)c1C(=O)c1ccc(OC2=CCCC=C2)cc1. The van der Waals surface area contributed by atoms with Gasteiger partial charge in [0.05, 0.1) is 0 Å². The number of carbonyl (C=O) groups excluding carboxylic acids is 1. The summed E-state index contributed by atoms with van der Waals surface area (Å²) in [6.07, 6.45) is 9.24. The van der Waals surface area contributed by atoms with E-state index in [2.05, 4.69) is 16.0 Å². The summed E-state index contributed by atoms with van der Waals surface area (Å²) in [4.78, 5) is 20.1. The van der Waals surface area contributed by atoms with E-state index in [0.29, 0.717) is 11.3 Å². The van der Waals surface area contributed by atoms with Crippen LogP contribution in [0.2, 0.25) is 5.15 Å². The maximum atomic E-state index is 12.5. The molecule has 1 aliphatic carbocycles. The molecule has 116 valence electrons. The molecule has 1 aliphatic rings. The lowest BCUT2D eigenvalue weighted by Gasteiger charge is -2.10. The summed E-state index contributed by atoms with van der Waals surface area (Å²) in [6.45, 7) is 0. The van der Waals surface area contributed by atoms with E-state index in [4.69, 9.17) is 22.1 Å². The molecule has 2 aromatic rings. The first-order valence-electron chi connectivity index (χ1n) is 7.10. The average molecular weight is 328 g/mol. The fourth-order valence-electron chi connectivity index (χ4n) is 2.21. The maximum absolute atomic E-state index is 12.5. The van der Waals surface area contributed by atoms with E-state index >= 15 is 0 Å². The second kappa shape index (κ2) is 6.62. The van der Waals surface area contributed by atoms with Crippen molar-refractivity contribution in [2.75, 3.05) is 5.73 Å². The summed E-state index contributed by atoms with van der Waals surface area (Å²) in [6, 6.07) is 6.77. The second-order valence-electron chi connectivity index (χ2n) is 4.97. The maximum Gasteiger partial charge on any atom is 0.199 e. The van der Waals surface area contributed by atoms with Gasteiger partial charge in [0.1, 0.15) is 34.4 Å². The minimum absolute atomic E-state index is 0.0420. The molecule has 23 heavy (non-hydrogen) atoms. The molecule has 6 heteroatoms. The number of aromatic nitrogens is 2. The van der Waals surface area contributed by atoms with Crippen LogP contribution in [-0.4, -0.2) is 15.8 Å². The van der Waals surface area contributed by atoms with Crippen LogP contribution < -0.4 is 10.5 Å². The molecule has 1 aromatic heterocycles. The van der Waals surface area contributed by atoms with Crippen molar-refractivity contribution in [3.05, 3.63) is 70.9 Å². The Balaban J connectivity index is 1.80. The lowest BCUT2D eigenvalue weighted by Crippen LogP contribution is -2.09. The molecule has 0 amide bonds. The molecule has 0 radical (unpaired) electrons. The molecule has 3 rings (SSSR count). The van der Waals surface area contributed by atoms with Crippen molar-refractivity contribution >= 4 is 23.2 Å². The normalized spacial score (nSPS) is 13.5. The smallest absolute Gasteiger partial charge is 0.199 e. The van der Waals surface area contributed by atoms with E-state index in [1.165, 1.54) is 6.33 Å². The number of benzene rings is 1. The van der Waals surface area contributed by atoms with Crippen molar-refractivity contribution in [3.63, 3.8) is 0 Å². The van der Waals surface area contributed by atoms with Gasteiger partial charge >= 0.3 is 0 Å². The molecule has 0 unspecified atom stereocenters. The van der Waals surface area contributed by atoms with Crippen LogP contribution in [0.3, 0.4) is 0 Å². The number of ketones is 1. The molecule has 2 N–H and O–H groups in total. The summed E-state index contributed by atoms with van der Waals surface area (Å²) in [7, 11) is 0. The van der Waals surface area contributed by atoms with Gasteiger partial charge < -0.3 is 10.5 Å². The van der Waals surface area contributed by atoms with Crippen molar-refractivity contribution in [1.82, 2.24) is 9.97 Å². The number of nitrogens with zero attached hydrogens (tertiary/aromatic N) is 2. The summed E-state index contributed by atoms with van der Waals surface area (Å²) in [5.41, 5.74) is 6.27. The summed E-state index contributed by atoms with van der Waals surface area (Å²) in [5.74, 6) is 1.20. The topological polar surface area (TPSA) is 78.1 Å². The van der Waals surface area contributed by atoms with Crippen LogP contribution in [0.5, 0.6) is 5.75 Å². The molecule has 1 aromatic carbocycles. The highest BCUT2D eigenvalue weighted by molar-refractivity contribution is 6.34. The van der Waals surface area contributed by atoms with Gasteiger partial charge in [-0.2, -0.15) is 0 Å². The summed E-state index contributed by atoms with van der Waals surface area (Å²) >= 11 is 5.94. The Hall–Kier alpha value is -2.66. The number of rotatable bonds is 4. The van der Waals surface area contributed by atoms with Crippen LogP contribution in [0.4, 0.5) is 5.82 Å². The Bertz CT molecular complexity index is 778. The fraction of sp³-hybridized carbons (Fsp3) is 0.118. The van der Waals surface area contributed by atoms with Crippen LogP contribution in [-0.2, 0) is 0 Å². The number of nitrogen functional groups attached to an aromatic ring is 1. The van der Waals surface area contributed by atoms with Gasteiger partial charge in [0, 0.05) is 5.56 Å². The van der Waals surface area contributed by atoms with Crippen LogP contribution in [0.25, 0.3) is 0 Å². The average Bonchev–Trinajstić information content (AvgIpc) is 2.56. The van der Waals surface area contributed by atoms with Crippen molar-refractivity contribution in [1.29, 1.82) is 0 Å².